The first-order valence-electron chi connectivity index (χ1n) is 8.32. The fraction of sp³-hybridized carbons (Fsp3) is 0. The molecule has 28 heavy (non-hydrogen) atoms. The van der Waals surface area contributed by atoms with Crippen LogP contribution < -0.4 is 9.47 Å². The van der Waals surface area contributed by atoms with Gasteiger partial charge in [-0.05, 0) is 64.0 Å². The number of Topliss-reactive ketones (excluding diaryl/α,β-unsaturated/α-hetero) is 1. The van der Waals surface area contributed by atoms with E-state index in [0.717, 1.165) is 0 Å². The van der Waals surface area contributed by atoms with Crippen molar-refractivity contribution in [1.82, 2.24) is 0 Å². The van der Waals surface area contributed by atoms with Gasteiger partial charge >= 0.3 is 5.97 Å². The molecule has 0 radical (unpaired) electrons. The van der Waals surface area contributed by atoms with Crippen LogP contribution in [-0.4, -0.2) is 11.8 Å². The third-order valence-corrected chi connectivity index (χ3v) is 4.80. The molecule has 3 aromatic rings. The second kappa shape index (κ2) is 7.40. The molecule has 0 unspecified atom stereocenters. The molecule has 0 bridgehead atoms. The maximum atomic E-state index is 13.0. The lowest BCUT2D eigenvalue weighted by Crippen LogP contribution is -2.09. The summed E-state index contributed by atoms with van der Waals surface area (Å²) in [5, 5.41) is 0. The molecule has 6 heteroatoms. The van der Waals surface area contributed by atoms with Crippen LogP contribution in [0.1, 0.15) is 26.3 Å². The number of esters is 1. The van der Waals surface area contributed by atoms with Gasteiger partial charge in [-0.2, -0.15) is 0 Å². The fourth-order valence-electron chi connectivity index (χ4n) is 2.73. The van der Waals surface area contributed by atoms with Crippen LogP contribution in [0.4, 0.5) is 4.39 Å². The molecule has 0 spiro atoms. The summed E-state index contributed by atoms with van der Waals surface area (Å²) < 4.78 is 24.7. The first-order chi connectivity index (χ1) is 13.5. The van der Waals surface area contributed by atoms with Crippen molar-refractivity contribution < 1.29 is 23.5 Å². The molecule has 4 nitrogen and oxygen atoms in total. The van der Waals surface area contributed by atoms with Gasteiger partial charge in [0.15, 0.2) is 5.76 Å². The Bertz CT molecular complexity index is 1120. The largest absolute Gasteiger partial charge is 0.452 e. The van der Waals surface area contributed by atoms with Crippen LogP contribution in [-0.2, 0) is 0 Å². The van der Waals surface area contributed by atoms with E-state index >= 15 is 0 Å². The van der Waals surface area contributed by atoms with Gasteiger partial charge in [0.05, 0.1) is 11.1 Å². The zero-order chi connectivity index (χ0) is 19.7. The second-order valence-electron chi connectivity index (χ2n) is 6.02. The topological polar surface area (TPSA) is 52.6 Å². The van der Waals surface area contributed by atoms with Gasteiger partial charge in [-0.3, -0.25) is 4.79 Å². The van der Waals surface area contributed by atoms with Gasteiger partial charge in [-0.15, -0.1) is 0 Å². The maximum absolute atomic E-state index is 13.0. The van der Waals surface area contributed by atoms with E-state index in [-0.39, 0.29) is 23.1 Å². The quantitative estimate of drug-likeness (QED) is 0.311. The van der Waals surface area contributed by atoms with E-state index < -0.39 is 5.97 Å². The average Bonchev–Trinajstić information content (AvgIpc) is 2.99. The van der Waals surface area contributed by atoms with Crippen LogP contribution in [0.15, 0.2) is 77.0 Å². The van der Waals surface area contributed by atoms with Crippen LogP contribution in [0, 0.1) is 5.82 Å². The van der Waals surface area contributed by atoms with Crippen LogP contribution in [0.5, 0.6) is 11.5 Å². The van der Waals surface area contributed by atoms with Crippen molar-refractivity contribution in [2.24, 2.45) is 0 Å². The number of carbonyl (C=O) groups excluding carboxylic acids is 2. The smallest absolute Gasteiger partial charge is 0.344 e. The van der Waals surface area contributed by atoms with Crippen molar-refractivity contribution >= 4 is 33.8 Å². The van der Waals surface area contributed by atoms with Gasteiger partial charge in [0.1, 0.15) is 17.3 Å². The Labute approximate surface area is 168 Å². The zero-order valence-corrected chi connectivity index (χ0v) is 15.9. The first kappa shape index (κ1) is 18.1. The minimum atomic E-state index is -0.529. The molecule has 1 aliphatic rings. The Morgan fingerprint density at radius 1 is 1.04 bits per heavy atom. The Kier molecular flexibility index (Phi) is 4.79. The van der Waals surface area contributed by atoms with Crippen molar-refractivity contribution in [3.05, 3.63) is 99.5 Å². The molecule has 3 aromatic carbocycles. The van der Waals surface area contributed by atoms with Crippen LogP contribution >= 0.6 is 15.9 Å². The summed E-state index contributed by atoms with van der Waals surface area (Å²) in [6.45, 7) is 0. The van der Waals surface area contributed by atoms with Crippen LogP contribution in [0.25, 0.3) is 6.08 Å². The van der Waals surface area contributed by atoms with Crippen molar-refractivity contribution in [2.75, 3.05) is 0 Å². The lowest BCUT2D eigenvalue weighted by Gasteiger charge is -2.06. The molecule has 4 rings (SSSR count). The van der Waals surface area contributed by atoms with E-state index in [4.69, 9.17) is 9.47 Å². The van der Waals surface area contributed by atoms with E-state index in [1.54, 1.807) is 42.5 Å². The first-order valence-corrected chi connectivity index (χ1v) is 9.11. The predicted octanol–water partition coefficient (Wildman–Crippen LogP) is 5.42. The monoisotopic (exact) mass is 438 g/mol. The molecule has 0 fully saturated rings. The zero-order valence-electron chi connectivity index (χ0n) is 14.3. The number of ketones is 1. The molecule has 0 amide bonds. The number of allylic oxidation sites excluding steroid dienone is 1. The Morgan fingerprint density at radius 3 is 2.54 bits per heavy atom. The highest BCUT2D eigenvalue weighted by atomic mass is 79.9. The summed E-state index contributed by atoms with van der Waals surface area (Å²) in [5.41, 5.74) is 1.39. The third kappa shape index (κ3) is 3.59. The molecule has 0 saturated carbocycles. The molecule has 1 aliphatic heterocycles. The molecule has 0 atom stereocenters. The SMILES string of the molecule is O=C(Oc1ccc2c(c1)O/C(=C\c1ccc(F)cc1)C2=O)c1ccccc1Br. The van der Waals surface area contributed by atoms with E-state index in [1.165, 1.54) is 30.3 Å². The molecule has 138 valence electrons. The summed E-state index contributed by atoms with van der Waals surface area (Å²) >= 11 is 3.31. The highest BCUT2D eigenvalue weighted by Crippen LogP contribution is 2.35. The number of halogens is 2. The van der Waals surface area contributed by atoms with E-state index in [1.807, 2.05) is 0 Å². The Morgan fingerprint density at radius 2 is 1.79 bits per heavy atom. The van der Waals surface area contributed by atoms with Gasteiger partial charge in [0, 0.05) is 10.5 Å². The summed E-state index contributed by atoms with van der Waals surface area (Å²) in [4.78, 5) is 24.8. The third-order valence-electron chi connectivity index (χ3n) is 4.11. The van der Waals surface area contributed by atoms with Crippen molar-refractivity contribution in [1.29, 1.82) is 0 Å². The molecule has 0 aromatic heterocycles. The summed E-state index contributed by atoms with van der Waals surface area (Å²) in [6.07, 6.45) is 1.54. The Hall–Kier alpha value is -3.25. The fourth-order valence-corrected chi connectivity index (χ4v) is 3.18. The lowest BCUT2D eigenvalue weighted by molar-refractivity contribution is 0.0733. The number of fused-ring (bicyclic) bond motifs is 1. The Balaban J connectivity index is 1.56. The minimum Gasteiger partial charge on any atom is -0.452 e. The van der Waals surface area contributed by atoms with Gasteiger partial charge in [0.2, 0.25) is 5.78 Å². The van der Waals surface area contributed by atoms with Crippen molar-refractivity contribution in [3.8, 4) is 11.5 Å². The van der Waals surface area contributed by atoms with Gasteiger partial charge in [-0.25, -0.2) is 9.18 Å². The van der Waals surface area contributed by atoms with Gasteiger partial charge in [-0.1, -0.05) is 24.3 Å². The van der Waals surface area contributed by atoms with Gasteiger partial charge in [0.25, 0.3) is 0 Å². The number of hydrogen-bond donors (Lipinski definition) is 0. The maximum Gasteiger partial charge on any atom is 0.344 e. The number of benzene rings is 3. The normalized spacial score (nSPS) is 13.9. The lowest BCUT2D eigenvalue weighted by atomic mass is 10.1. The number of hydrogen-bond acceptors (Lipinski definition) is 4. The summed E-state index contributed by atoms with van der Waals surface area (Å²) in [5.74, 6) is -0.496. The standard InChI is InChI=1S/C22H12BrFO4/c23-18-4-2-1-3-16(18)22(26)27-15-9-10-17-19(12-15)28-20(21(17)25)11-13-5-7-14(24)8-6-13/h1-12H/b20-11-. The van der Waals surface area contributed by atoms with Crippen LogP contribution in [0.2, 0.25) is 0 Å². The number of carbonyl (C=O) groups is 2. The summed E-state index contributed by atoms with van der Waals surface area (Å²) in [6, 6.07) is 17.2. The molecule has 0 aliphatic carbocycles. The van der Waals surface area contributed by atoms with E-state index in [2.05, 4.69) is 15.9 Å². The van der Waals surface area contributed by atoms with Crippen molar-refractivity contribution in [2.45, 2.75) is 0 Å². The summed E-state index contributed by atoms with van der Waals surface area (Å²) in [7, 11) is 0. The highest BCUT2D eigenvalue weighted by molar-refractivity contribution is 9.10. The number of rotatable bonds is 3. The molecule has 1 heterocycles. The highest BCUT2D eigenvalue weighted by Gasteiger charge is 2.28. The number of ether oxygens (including phenoxy) is 2. The molecule has 0 saturated heterocycles. The predicted molar refractivity (Wildman–Crippen MR) is 105 cm³/mol. The van der Waals surface area contributed by atoms with E-state index in [9.17, 15) is 14.0 Å². The molecule has 0 N–H and O–H groups in total. The minimum absolute atomic E-state index is 0.121. The molecular formula is C22H12BrFO4. The second-order valence-corrected chi connectivity index (χ2v) is 6.87. The van der Waals surface area contributed by atoms with Gasteiger partial charge < -0.3 is 9.47 Å². The van der Waals surface area contributed by atoms with Crippen molar-refractivity contribution in [3.63, 3.8) is 0 Å². The average molecular weight is 439 g/mol. The van der Waals surface area contributed by atoms with Crippen LogP contribution in [0.3, 0.4) is 0 Å². The molecular weight excluding hydrogens is 427 g/mol. The van der Waals surface area contributed by atoms with E-state index in [0.29, 0.717) is 26.9 Å².